The van der Waals surface area contributed by atoms with Gasteiger partial charge in [-0.05, 0) is 60.9 Å². The van der Waals surface area contributed by atoms with Crippen LogP contribution >= 0.6 is 0 Å². The van der Waals surface area contributed by atoms with Crippen LogP contribution in [0.15, 0.2) is 79.8 Å². The minimum atomic E-state index is -0.279. The smallest absolute Gasteiger partial charge is 0.246 e. The summed E-state index contributed by atoms with van der Waals surface area (Å²) in [6.45, 7) is 4.62. The van der Waals surface area contributed by atoms with E-state index in [1.165, 1.54) is 18.2 Å². The third-order valence-corrected chi connectivity index (χ3v) is 5.90. The molecule has 166 valence electrons. The van der Waals surface area contributed by atoms with Gasteiger partial charge in [0.2, 0.25) is 5.91 Å². The number of carbonyl (C=O) groups is 1. The van der Waals surface area contributed by atoms with Gasteiger partial charge in [-0.25, -0.2) is 9.37 Å². The molecule has 0 N–H and O–H groups in total. The molecule has 0 bridgehead atoms. The van der Waals surface area contributed by atoms with Crippen molar-refractivity contribution in [3.8, 4) is 17.0 Å². The first-order valence-electron chi connectivity index (χ1n) is 10.9. The van der Waals surface area contributed by atoms with E-state index < -0.39 is 0 Å². The highest BCUT2D eigenvalue weighted by atomic mass is 19.1. The van der Waals surface area contributed by atoms with Crippen molar-refractivity contribution in [1.82, 2.24) is 19.3 Å². The minimum absolute atomic E-state index is 0.0790. The van der Waals surface area contributed by atoms with Crippen LogP contribution in [0.4, 0.5) is 4.39 Å². The fraction of sp³-hybridized carbons (Fsp3) is 0.192. The molecule has 7 heteroatoms. The van der Waals surface area contributed by atoms with E-state index in [0.717, 1.165) is 41.0 Å². The van der Waals surface area contributed by atoms with Gasteiger partial charge in [0.25, 0.3) is 0 Å². The summed E-state index contributed by atoms with van der Waals surface area (Å²) in [6, 6.07) is 13.9. The number of rotatable bonds is 6. The summed E-state index contributed by atoms with van der Waals surface area (Å²) in [4.78, 5) is 23.4. The van der Waals surface area contributed by atoms with Gasteiger partial charge in [-0.3, -0.25) is 14.2 Å². The van der Waals surface area contributed by atoms with E-state index >= 15 is 0 Å². The highest BCUT2D eigenvalue weighted by Gasteiger charge is 2.32. The predicted octanol–water partition coefficient (Wildman–Crippen LogP) is 4.96. The van der Waals surface area contributed by atoms with Crippen LogP contribution in [0, 0.1) is 5.82 Å². The number of imidazole rings is 1. The first-order valence-corrected chi connectivity index (χ1v) is 10.9. The summed E-state index contributed by atoms with van der Waals surface area (Å²) in [7, 11) is 0. The van der Waals surface area contributed by atoms with Gasteiger partial charge in [-0.15, -0.1) is 0 Å². The van der Waals surface area contributed by atoms with E-state index in [0.29, 0.717) is 12.3 Å². The lowest BCUT2D eigenvalue weighted by Crippen LogP contribution is -2.29. The third kappa shape index (κ3) is 4.09. The Morgan fingerprint density at radius 3 is 2.88 bits per heavy atom. The van der Waals surface area contributed by atoms with Crippen LogP contribution in [-0.4, -0.2) is 31.7 Å². The van der Waals surface area contributed by atoms with Crippen LogP contribution in [0.2, 0.25) is 0 Å². The van der Waals surface area contributed by atoms with Crippen LogP contribution in [0.3, 0.4) is 0 Å². The van der Waals surface area contributed by atoms with Gasteiger partial charge in [0.05, 0.1) is 23.4 Å². The summed E-state index contributed by atoms with van der Waals surface area (Å²) in [6.07, 6.45) is 8.53. The summed E-state index contributed by atoms with van der Waals surface area (Å²) < 4.78 is 21.2. The largest absolute Gasteiger partial charge is 0.489 e. The first-order chi connectivity index (χ1) is 16.1. The molecule has 0 spiro atoms. The zero-order valence-corrected chi connectivity index (χ0v) is 18.0. The van der Waals surface area contributed by atoms with Crippen molar-refractivity contribution in [2.24, 2.45) is 0 Å². The van der Waals surface area contributed by atoms with Crippen molar-refractivity contribution in [3.63, 3.8) is 0 Å². The van der Waals surface area contributed by atoms with Gasteiger partial charge in [0, 0.05) is 24.5 Å². The summed E-state index contributed by atoms with van der Waals surface area (Å²) in [5, 5.41) is 0. The maximum Gasteiger partial charge on any atom is 0.246 e. The Morgan fingerprint density at radius 1 is 1.24 bits per heavy atom. The maximum absolute atomic E-state index is 13.4. The lowest BCUT2D eigenvalue weighted by atomic mass is 10.1. The number of benzene rings is 2. The number of halogens is 1. The van der Waals surface area contributed by atoms with Gasteiger partial charge in [-0.1, -0.05) is 18.7 Å². The molecule has 1 amide bonds. The van der Waals surface area contributed by atoms with Gasteiger partial charge in [0.1, 0.15) is 24.0 Å². The number of ether oxygens (including phenoxy) is 1. The molecule has 5 rings (SSSR count). The van der Waals surface area contributed by atoms with Gasteiger partial charge in [-0.2, -0.15) is 0 Å². The average molecular weight is 442 g/mol. The Hall–Kier alpha value is -4.00. The first kappa shape index (κ1) is 20.9. The molecule has 1 saturated heterocycles. The van der Waals surface area contributed by atoms with E-state index in [1.54, 1.807) is 18.5 Å². The lowest BCUT2D eigenvalue weighted by Gasteiger charge is -2.22. The molecule has 1 aliphatic heterocycles. The van der Waals surface area contributed by atoms with Crippen LogP contribution in [0.1, 0.15) is 30.3 Å². The third-order valence-electron chi connectivity index (χ3n) is 5.90. The van der Waals surface area contributed by atoms with Gasteiger partial charge >= 0.3 is 0 Å². The molecule has 1 aliphatic rings. The number of fused-ring (bicyclic) bond motifs is 1. The van der Waals surface area contributed by atoms with Crippen LogP contribution < -0.4 is 4.74 Å². The number of carbonyl (C=O) groups excluding carboxylic acids is 1. The second-order valence-electron chi connectivity index (χ2n) is 7.99. The predicted molar refractivity (Wildman–Crippen MR) is 123 cm³/mol. The number of hydrogen-bond donors (Lipinski definition) is 0. The van der Waals surface area contributed by atoms with Crippen LogP contribution in [0.25, 0.3) is 16.8 Å². The molecule has 0 radical (unpaired) electrons. The summed E-state index contributed by atoms with van der Waals surface area (Å²) in [5.41, 5.74) is 3.36. The Bertz CT molecular complexity index is 1320. The zero-order valence-electron chi connectivity index (χ0n) is 18.0. The maximum atomic E-state index is 13.4. The quantitative estimate of drug-likeness (QED) is 0.396. The van der Waals surface area contributed by atoms with Gasteiger partial charge < -0.3 is 9.64 Å². The molecule has 0 unspecified atom stereocenters. The Labute approximate surface area is 191 Å². The average Bonchev–Trinajstić information content (AvgIpc) is 3.48. The zero-order chi connectivity index (χ0) is 22.8. The normalized spacial score (nSPS) is 15.7. The number of nitrogens with zero attached hydrogens (tertiary/aromatic N) is 4. The van der Waals surface area contributed by atoms with Crippen molar-refractivity contribution >= 4 is 11.4 Å². The molecule has 2 aromatic heterocycles. The molecular weight excluding hydrogens is 419 g/mol. The molecule has 2 aromatic carbocycles. The molecular formula is C26H23FN4O2. The molecule has 0 saturated carbocycles. The molecule has 6 nitrogen and oxygen atoms in total. The van der Waals surface area contributed by atoms with E-state index in [9.17, 15) is 9.18 Å². The van der Waals surface area contributed by atoms with E-state index in [4.69, 9.17) is 9.72 Å². The monoisotopic (exact) mass is 442 g/mol. The number of aromatic nitrogens is 3. The molecule has 3 heterocycles. The van der Waals surface area contributed by atoms with Crippen LogP contribution in [0.5, 0.6) is 5.75 Å². The van der Waals surface area contributed by atoms with Gasteiger partial charge in [0.15, 0.2) is 0 Å². The number of likely N-dealkylation sites (tertiary alicyclic amines) is 1. The van der Waals surface area contributed by atoms with E-state index in [2.05, 4.69) is 11.6 Å². The van der Waals surface area contributed by atoms with Crippen molar-refractivity contribution in [3.05, 3.63) is 97.0 Å². The molecule has 4 aromatic rings. The summed E-state index contributed by atoms with van der Waals surface area (Å²) in [5.74, 6) is 1.15. The second kappa shape index (κ2) is 8.86. The number of hydrogen-bond acceptors (Lipinski definition) is 4. The Morgan fingerprint density at radius 2 is 2.09 bits per heavy atom. The summed E-state index contributed by atoms with van der Waals surface area (Å²) >= 11 is 0. The minimum Gasteiger partial charge on any atom is -0.489 e. The highest BCUT2D eigenvalue weighted by Crippen LogP contribution is 2.35. The van der Waals surface area contributed by atoms with Crippen molar-refractivity contribution < 1.29 is 13.9 Å². The molecule has 1 atom stereocenters. The Kier molecular flexibility index (Phi) is 5.60. The SMILES string of the molecule is C=CC(=O)N1CCC[C@H]1c1nc(-c2ccc(OCc3cccc(F)c3)cc2)c2cnccn12. The lowest BCUT2D eigenvalue weighted by molar-refractivity contribution is -0.127. The Balaban J connectivity index is 1.43. The highest BCUT2D eigenvalue weighted by molar-refractivity contribution is 5.87. The van der Waals surface area contributed by atoms with Crippen molar-refractivity contribution in [2.45, 2.75) is 25.5 Å². The van der Waals surface area contributed by atoms with Crippen LogP contribution in [-0.2, 0) is 11.4 Å². The van der Waals surface area contributed by atoms with E-state index in [1.807, 2.05) is 45.8 Å². The fourth-order valence-electron chi connectivity index (χ4n) is 4.33. The topological polar surface area (TPSA) is 59.7 Å². The fourth-order valence-corrected chi connectivity index (χ4v) is 4.33. The van der Waals surface area contributed by atoms with Crippen molar-refractivity contribution in [2.75, 3.05) is 6.54 Å². The second-order valence-corrected chi connectivity index (χ2v) is 7.99. The number of amides is 1. The van der Waals surface area contributed by atoms with E-state index in [-0.39, 0.29) is 24.4 Å². The van der Waals surface area contributed by atoms with Crippen molar-refractivity contribution in [1.29, 1.82) is 0 Å². The molecule has 33 heavy (non-hydrogen) atoms. The molecule has 0 aliphatic carbocycles. The standard InChI is InChI=1S/C26H23FN4O2/c1-2-24(32)30-13-4-7-22(30)26-29-25(23-16-28-12-14-31(23)26)19-8-10-21(11-9-19)33-17-18-5-3-6-20(27)15-18/h2-3,5-6,8-12,14-16,22H,1,4,7,13,17H2/t22-/m0/s1. The molecule has 1 fully saturated rings.